The number of aryl methyl sites for hydroxylation is 1. The Balaban J connectivity index is 1.58. The van der Waals surface area contributed by atoms with E-state index >= 15 is 0 Å². The van der Waals surface area contributed by atoms with Crippen molar-refractivity contribution in [2.45, 2.75) is 43.9 Å². The third-order valence-electron chi connectivity index (χ3n) is 5.20. The molecule has 1 aliphatic heterocycles. The number of hydrogen-bond donors (Lipinski definition) is 4. The van der Waals surface area contributed by atoms with Crippen LogP contribution in [0.25, 0.3) is 0 Å². The second-order valence-electron chi connectivity index (χ2n) is 7.02. The molecule has 1 aliphatic rings. The van der Waals surface area contributed by atoms with Crippen molar-refractivity contribution < 1.29 is 19.7 Å². The molecule has 1 amide bonds. The maximum Gasteiger partial charge on any atom is 0.252 e. The van der Waals surface area contributed by atoms with Gasteiger partial charge >= 0.3 is 0 Å². The average molecular weight is 370 g/mol. The number of aliphatic hydroxyl groups excluding tert-OH is 1. The van der Waals surface area contributed by atoms with E-state index in [9.17, 15) is 15.0 Å². The molecule has 2 aromatic carbocycles. The molecule has 5 N–H and O–H groups in total. The molecule has 0 saturated carbocycles. The van der Waals surface area contributed by atoms with Crippen LogP contribution in [0.3, 0.4) is 0 Å². The Hall–Kier alpha value is -2.57. The van der Waals surface area contributed by atoms with Crippen molar-refractivity contribution in [3.05, 3.63) is 59.2 Å². The van der Waals surface area contributed by atoms with Crippen LogP contribution in [0.1, 0.15) is 46.9 Å². The number of carbonyl (C=O) groups excluding carboxylic acids is 1. The highest BCUT2D eigenvalue weighted by molar-refractivity contribution is 5.95. The molecule has 1 fully saturated rings. The van der Waals surface area contributed by atoms with E-state index < -0.39 is 12.0 Å². The number of nitrogens with one attached hydrogen (secondary N) is 1. The Kier molecular flexibility index (Phi) is 5.98. The highest BCUT2D eigenvalue weighted by atomic mass is 16.5. The number of primary amides is 1. The second-order valence-corrected chi connectivity index (χ2v) is 7.02. The van der Waals surface area contributed by atoms with Crippen LogP contribution in [0.5, 0.6) is 11.5 Å². The van der Waals surface area contributed by atoms with Gasteiger partial charge in [0.15, 0.2) is 0 Å². The molecule has 0 radical (unpaired) electrons. The lowest BCUT2D eigenvalue weighted by Gasteiger charge is -2.21. The summed E-state index contributed by atoms with van der Waals surface area (Å²) in [6, 6.07) is 12.8. The second kappa shape index (κ2) is 8.41. The maximum atomic E-state index is 11.4. The number of carbonyl (C=O) groups is 1. The zero-order valence-electron chi connectivity index (χ0n) is 15.4. The fourth-order valence-corrected chi connectivity index (χ4v) is 3.66. The zero-order chi connectivity index (χ0) is 19.4. The fourth-order valence-electron chi connectivity index (χ4n) is 3.66. The number of ether oxygens (including phenoxy) is 1. The first-order chi connectivity index (χ1) is 13.0. The maximum absolute atomic E-state index is 11.4. The quantitative estimate of drug-likeness (QED) is 0.599. The van der Waals surface area contributed by atoms with E-state index in [-0.39, 0.29) is 17.4 Å². The van der Waals surface area contributed by atoms with Gasteiger partial charge in [-0.1, -0.05) is 18.2 Å². The number of benzene rings is 2. The monoisotopic (exact) mass is 370 g/mol. The Morgan fingerprint density at radius 3 is 2.85 bits per heavy atom. The van der Waals surface area contributed by atoms with E-state index in [1.807, 2.05) is 18.2 Å². The number of rotatable bonds is 7. The van der Waals surface area contributed by atoms with E-state index in [2.05, 4.69) is 11.4 Å². The summed E-state index contributed by atoms with van der Waals surface area (Å²) in [6.45, 7) is 0. The molecule has 0 aliphatic carbocycles. The minimum Gasteiger partial charge on any atom is -0.507 e. The van der Waals surface area contributed by atoms with Gasteiger partial charge in [-0.25, -0.2) is 0 Å². The lowest BCUT2D eigenvalue weighted by Crippen LogP contribution is -2.34. The molecule has 2 aromatic rings. The molecule has 1 heterocycles. The molecule has 3 rings (SSSR count). The molecule has 144 valence electrons. The Bertz CT molecular complexity index is 809. The molecule has 0 aromatic heterocycles. The summed E-state index contributed by atoms with van der Waals surface area (Å²) in [5.41, 5.74) is 7.10. The van der Waals surface area contributed by atoms with Gasteiger partial charge < -0.3 is 26.0 Å². The number of amides is 1. The van der Waals surface area contributed by atoms with Gasteiger partial charge in [0.05, 0.1) is 18.8 Å². The predicted octanol–water partition coefficient (Wildman–Crippen LogP) is 2.29. The number of aromatic hydroxyl groups is 1. The number of hydrogen-bond acceptors (Lipinski definition) is 5. The molecule has 6 heteroatoms. The summed E-state index contributed by atoms with van der Waals surface area (Å²) in [7, 11) is 1.66. The molecular weight excluding hydrogens is 344 g/mol. The standard InChI is InChI=1S/C21H26N2O4/c1-27-16-4-2-3-13(11-16)5-7-15-8-9-18(23-15)20(25)14-6-10-19(24)17(12-14)21(22)26/h2-4,6,10-12,15,18,20,23-25H,5,7-9H2,1H3,(H2,22,26). The topological polar surface area (TPSA) is 105 Å². The highest BCUT2D eigenvalue weighted by Gasteiger charge is 2.30. The summed E-state index contributed by atoms with van der Waals surface area (Å²) in [5.74, 6) is -0.0242. The fraction of sp³-hybridized carbons (Fsp3) is 0.381. The molecular formula is C21H26N2O4. The van der Waals surface area contributed by atoms with Crippen LogP contribution >= 0.6 is 0 Å². The third-order valence-corrected chi connectivity index (χ3v) is 5.20. The summed E-state index contributed by atoms with van der Waals surface area (Å²) >= 11 is 0. The van der Waals surface area contributed by atoms with E-state index in [4.69, 9.17) is 10.5 Å². The van der Waals surface area contributed by atoms with Gasteiger partial charge in [-0.15, -0.1) is 0 Å². The van der Waals surface area contributed by atoms with Crippen molar-refractivity contribution in [2.75, 3.05) is 7.11 Å². The lowest BCUT2D eigenvalue weighted by molar-refractivity contribution is 0.0996. The van der Waals surface area contributed by atoms with Crippen LogP contribution in [0.4, 0.5) is 0 Å². The van der Waals surface area contributed by atoms with Crippen molar-refractivity contribution in [3.8, 4) is 11.5 Å². The largest absolute Gasteiger partial charge is 0.507 e. The van der Waals surface area contributed by atoms with E-state index in [1.54, 1.807) is 13.2 Å². The molecule has 0 spiro atoms. The molecule has 3 atom stereocenters. The number of phenols is 1. The molecule has 6 nitrogen and oxygen atoms in total. The Labute approximate surface area is 159 Å². The van der Waals surface area contributed by atoms with Crippen LogP contribution < -0.4 is 15.8 Å². The normalized spacial score (nSPS) is 20.4. The summed E-state index contributed by atoms with van der Waals surface area (Å²) in [4.78, 5) is 11.4. The lowest BCUT2D eigenvalue weighted by atomic mass is 9.98. The number of aliphatic hydroxyl groups is 1. The van der Waals surface area contributed by atoms with Gasteiger partial charge in [0.2, 0.25) is 0 Å². The van der Waals surface area contributed by atoms with Crippen molar-refractivity contribution >= 4 is 5.91 Å². The Morgan fingerprint density at radius 2 is 2.11 bits per heavy atom. The zero-order valence-corrected chi connectivity index (χ0v) is 15.4. The van der Waals surface area contributed by atoms with Gasteiger partial charge in [0, 0.05) is 12.1 Å². The molecule has 27 heavy (non-hydrogen) atoms. The van der Waals surface area contributed by atoms with E-state index in [1.165, 1.54) is 17.7 Å². The van der Waals surface area contributed by atoms with Gasteiger partial charge in [0.1, 0.15) is 11.5 Å². The minimum absolute atomic E-state index is 0.0270. The first kappa shape index (κ1) is 19.2. The van der Waals surface area contributed by atoms with Gasteiger partial charge in [0.25, 0.3) is 5.91 Å². The predicted molar refractivity (Wildman–Crippen MR) is 103 cm³/mol. The first-order valence-corrected chi connectivity index (χ1v) is 9.17. The Morgan fingerprint density at radius 1 is 1.30 bits per heavy atom. The van der Waals surface area contributed by atoms with Crippen molar-refractivity contribution in [1.29, 1.82) is 0 Å². The van der Waals surface area contributed by atoms with Crippen molar-refractivity contribution in [2.24, 2.45) is 5.73 Å². The highest BCUT2D eigenvalue weighted by Crippen LogP contribution is 2.29. The van der Waals surface area contributed by atoms with Crippen LogP contribution in [0.2, 0.25) is 0 Å². The van der Waals surface area contributed by atoms with Crippen molar-refractivity contribution in [1.82, 2.24) is 5.32 Å². The minimum atomic E-state index is -0.759. The van der Waals surface area contributed by atoms with Crippen molar-refractivity contribution in [3.63, 3.8) is 0 Å². The molecule has 1 saturated heterocycles. The third kappa shape index (κ3) is 4.59. The van der Waals surface area contributed by atoms with Crippen LogP contribution in [-0.2, 0) is 6.42 Å². The summed E-state index contributed by atoms with van der Waals surface area (Å²) in [6.07, 6.45) is 2.97. The van der Waals surface area contributed by atoms with E-state index in [0.717, 1.165) is 31.4 Å². The average Bonchev–Trinajstić information content (AvgIpc) is 3.15. The first-order valence-electron chi connectivity index (χ1n) is 9.17. The van der Waals surface area contributed by atoms with Crippen LogP contribution in [0, 0.1) is 0 Å². The van der Waals surface area contributed by atoms with Gasteiger partial charge in [-0.05, 0) is 61.1 Å². The van der Waals surface area contributed by atoms with Crippen LogP contribution in [0.15, 0.2) is 42.5 Å². The smallest absolute Gasteiger partial charge is 0.252 e. The van der Waals surface area contributed by atoms with Crippen LogP contribution in [-0.4, -0.2) is 35.3 Å². The SMILES string of the molecule is COc1cccc(CCC2CCC(C(O)c3ccc(O)c(C(N)=O)c3)N2)c1. The number of methoxy groups -OCH3 is 1. The molecule has 3 unspecified atom stereocenters. The van der Waals surface area contributed by atoms with Gasteiger partial charge in [-0.3, -0.25) is 4.79 Å². The summed E-state index contributed by atoms with van der Waals surface area (Å²) in [5, 5.41) is 23.9. The van der Waals surface area contributed by atoms with E-state index in [0.29, 0.717) is 11.6 Å². The molecule has 0 bridgehead atoms. The summed E-state index contributed by atoms with van der Waals surface area (Å²) < 4.78 is 5.26. The number of nitrogens with two attached hydrogens (primary N) is 1. The van der Waals surface area contributed by atoms with Gasteiger partial charge in [-0.2, -0.15) is 0 Å².